The summed E-state index contributed by atoms with van der Waals surface area (Å²) in [6.07, 6.45) is 2.31. The Balaban J connectivity index is 2.31. The van der Waals surface area contributed by atoms with E-state index >= 15 is 0 Å². The molecular formula is C9H11N5. The lowest BCUT2D eigenvalue weighted by Crippen LogP contribution is -2.07. The van der Waals surface area contributed by atoms with E-state index in [0.717, 1.165) is 12.8 Å². The van der Waals surface area contributed by atoms with Crippen molar-refractivity contribution < 1.29 is 0 Å². The molecule has 0 amide bonds. The van der Waals surface area contributed by atoms with Crippen molar-refractivity contribution in [1.29, 1.82) is 5.26 Å². The number of nitrogens with zero attached hydrogens (tertiary/aromatic N) is 2. The van der Waals surface area contributed by atoms with Gasteiger partial charge in [0.05, 0.1) is 5.69 Å². The van der Waals surface area contributed by atoms with Crippen molar-refractivity contribution in [3.8, 4) is 6.07 Å². The van der Waals surface area contributed by atoms with Gasteiger partial charge in [-0.1, -0.05) is 0 Å². The van der Waals surface area contributed by atoms with Crippen LogP contribution in [0.2, 0.25) is 0 Å². The quantitative estimate of drug-likeness (QED) is 0.635. The van der Waals surface area contributed by atoms with Gasteiger partial charge in [0.1, 0.15) is 23.3 Å². The third-order valence-electron chi connectivity index (χ3n) is 2.12. The summed E-state index contributed by atoms with van der Waals surface area (Å²) in [5.74, 6) is 0.845. The molecule has 2 rings (SSSR count). The maximum atomic E-state index is 8.71. The van der Waals surface area contributed by atoms with Crippen LogP contribution in [0.4, 0.5) is 17.3 Å². The summed E-state index contributed by atoms with van der Waals surface area (Å²) in [6.45, 7) is 0. The van der Waals surface area contributed by atoms with E-state index in [4.69, 9.17) is 16.7 Å². The van der Waals surface area contributed by atoms with Gasteiger partial charge in [0.2, 0.25) is 0 Å². The van der Waals surface area contributed by atoms with Gasteiger partial charge in [-0.05, 0) is 12.8 Å². The molecule has 0 saturated heterocycles. The Morgan fingerprint density at radius 3 is 2.71 bits per heavy atom. The molecule has 0 aromatic carbocycles. The highest BCUT2D eigenvalue weighted by molar-refractivity contribution is 5.68. The number of hydrogen-bond donors (Lipinski definition) is 3. The van der Waals surface area contributed by atoms with E-state index in [2.05, 4.69) is 10.3 Å². The molecule has 1 aromatic heterocycles. The highest BCUT2D eigenvalue weighted by Gasteiger charge is 2.21. The molecule has 5 nitrogen and oxygen atoms in total. The van der Waals surface area contributed by atoms with Gasteiger partial charge in [0.25, 0.3) is 0 Å². The molecule has 0 bridgehead atoms. The zero-order chi connectivity index (χ0) is 10.1. The van der Waals surface area contributed by atoms with Crippen molar-refractivity contribution in [3.05, 3.63) is 11.6 Å². The Hall–Kier alpha value is -1.96. The van der Waals surface area contributed by atoms with Gasteiger partial charge in [0.15, 0.2) is 0 Å². The monoisotopic (exact) mass is 189 g/mol. The number of pyridine rings is 1. The van der Waals surface area contributed by atoms with Crippen molar-refractivity contribution in [2.75, 3.05) is 16.8 Å². The number of nitrogens with one attached hydrogen (secondary N) is 1. The molecule has 5 N–H and O–H groups in total. The smallest absolute Gasteiger partial charge is 0.145 e. The minimum absolute atomic E-state index is 0.190. The summed E-state index contributed by atoms with van der Waals surface area (Å²) in [5.41, 5.74) is 11.9. The van der Waals surface area contributed by atoms with Crippen LogP contribution in [0.5, 0.6) is 0 Å². The first-order chi connectivity index (χ1) is 6.70. The van der Waals surface area contributed by atoms with E-state index in [-0.39, 0.29) is 11.4 Å². The molecule has 1 aliphatic carbocycles. The molecule has 1 fully saturated rings. The number of nitriles is 1. The predicted molar refractivity (Wildman–Crippen MR) is 54.4 cm³/mol. The summed E-state index contributed by atoms with van der Waals surface area (Å²) < 4.78 is 0. The predicted octanol–water partition coefficient (Wildman–Crippen LogP) is 0.692. The van der Waals surface area contributed by atoms with E-state index in [1.165, 1.54) is 0 Å². The normalized spacial score (nSPS) is 14.8. The first-order valence-corrected chi connectivity index (χ1v) is 4.43. The molecule has 1 heterocycles. The van der Waals surface area contributed by atoms with Crippen LogP contribution in [0.25, 0.3) is 0 Å². The van der Waals surface area contributed by atoms with Gasteiger partial charge >= 0.3 is 0 Å². The fraction of sp³-hybridized carbons (Fsp3) is 0.333. The van der Waals surface area contributed by atoms with E-state index < -0.39 is 0 Å². The Kier molecular flexibility index (Phi) is 1.89. The van der Waals surface area contributed by atoms with Crippen molar-refractivity contribution in [2.24, 2.45) is 0 Å². The first-order valence-electron chi connectivity index (χ1n) is 4.43. The van der Waals surface area contributed by atoms with Crippen LogP contribution in [-0.2, 0) is 0 Å². The molecule has 0 atom stereocenters. The second-order valence-electron chi connectivity index (χ2n) is 3.39. The third-order valence-corrected chi connectivity index (χ3v) is 2.12. The molecular weight excluding hydrogens is 178 g/mol. The average molecular weight is 189 g/mol. The number of nitrogen functional groups attached to an aromatic ring is 2. The van der Waals surface area contributed by atoms with Gasteiger partial charge in [-0.2, -0.15) is 5.26 Å². The fourth-order valence-corrected chi connectivity index (χ4v) is 1.22. The minimum Gasteiger partial charge on any atom is -0.397 e. The third kappa shape index (κ3) is 1.55. The maximum Gasteiger partial charge on any atom is 0.145 e. The van der Waals surface area contributed by atoms with E-state index in [0.29, 0.717) is 17.5 Å². The van der Waals surface area contributed by atoms with Gasteiger partial charge in [-0.15, -0.1) is 0 Å². The number of anilines is 3. The van der Waals surface area contributed by atoms with E-state index in [9.17, 15) is 0 Å². The van der Waals surface area contributed by atoms with Gasteiger partial charge in [-0.25, -0.2) is 4.98 Å². The zero-order valence-corrected chi connectivity index (χ0v) is 7.62. The minimum atomic E-state index is 0.190. The summed E-state index contributed by atoms with van der Waals surface area (Å²) in [7, 11) is 0. The van der Waals surface area contributed by atoms with E-state index in [1.807, 2.05) is 6.07 Å². The molecule has 1 saturated carbocycles. The van der Waals surface area contributed by atoms with Gasteiger partial charge in [0, 0.05) is 12.1 Å². The molecule has 0 spiro atoms. The largest absolute Gasteiger partial charge is 0.397 e. The Labute approximate surface area is 81.7 Å². The zero-order valence-electron chi connectivity index (χ0n) is 7.62. The van der Waals surface area contributed by atoms with Crippen LogP contribution in [0.1, 0.15) is 18.4 Å². The molecule has 14 heavy (non-hydrogen) atoms. The molecule has 1 aliphatic rings. The van der Waals surface area contributed by atoms with Gasteiger partial charge < -0.3 is 16.8 Å². The topological polar surface area (TPSA) is 101 Å². The highest BCUT2D eigenvalue weighted by Crippen LogP contribution is 2.26. The van der Waals surface area contributed by atoms with Crippen LogP contribution in [0.15, 0.2) is 6.07 Å². The molecule has 5 heteroatoms. The van der Waals surface area contributed by atoms with Crippen molar-refractivity contribution in [2.45, 2.75) is 18.9 Å². The Morgan fingerprint density at radius 2 is 2.21 bits per heavy atom. The lowest BCUT2D eigenvalue weighted by molar-refractivity contribution is 1.12. The maximum absolute atomic E-state index is 8.71. The summed E-state index contributed by atoms with van der Waals surface area (Å²) in [4.78, 5) is 4.05. The summed E-state index contributed by atoms with van der Waals surface area (Å²) in [6, 6.07) is 4.06. The number of aromatic nitrogens is 1. The summed E-state index contributed by atoms with van der Waals surface area (Å²) >= 11 is 0. The number of rotatable bonds is 2. The average Bonchev–Trinajstić information content (AvgIpc) is 2.87. The number of nitrogens with two attached hydrogens (primary N) is 2. The van der Waals surface area contributed by atoms with Crippen LogP contribution in [0.3, 0.4) is 0 Å². The molecule has 1 aromatic rings. The first kappa shape index (κ1) is 8.63. The van der Waals surface area contributed by atoms with Crippen molar-refractivity contribution >= 4 is 17.3 Å². The number of hydrogen-bond acceptors (Lipinski definition) is 5. The highest BCUT2D eigenvalue weighted by atomic mass is 15.1. The Bertz CT molecular complexity index is 379. The van der Waals surface area contributed by atoms with Crippen LogP contribution >= 0.6 is 0 Å². The van der Waals surface area contributed by atoms with Crippen LogP contribution < -0.4 is 16.8 Å². The lowest BCUT2D eigenvalue weighted by atomic mass is 10.2. The molecule has 0 radical (unpaired) electrons. The van der Waals surface area contributed by atoms with Crippen LogP contribution in [-0.4, -0.2) is 11.0 Å². The lowest BCUT2D eigenvalue weighted by Gasteiger charge is -2.07. The Morgan fingerprint density at radius 1 is 1.50 bits per heavy atom. The second-order valence-corrected chi connectivity index (χ2v) is 3.39. The van der Waals surface area contributed by atoms with Crippen LogP contribution in [0, 0.1) is 11.3 Å². The molecule has 72 valence electrons. The van der Waals surface area contributed by atoms with Crippen molar-refractivity contribution in [1.82, 2.24) is 4.98 Å². The molecule has 0 aliphatic heterocycles. The van der Waals surface area contributed by atoms with E-state index in [1.54, 1.807) is 6.07 Å². The fourth-order valence-electron chi connectivity index (χ4n) is 1.22. The molecule has 0 unspecified atom stereocenters. The summed E-state index contributed by atoms with van der Waals surface area (Å²) in [5, 5.41) is 11.9. The standard InChI is InChI=1S/C9H11N5/c10-4-6-7(11)3-8(14-9(6)12)13-5-1-2-5/h3,5H,1-2H2,(H5,11,12,13,14). The van der Waals surface area contributed by atoms with Gasteiger partial charge in [-0.3, -0.25) is 0 Å². The second kappa shape index (κ2) is 3.07. The SMILES string of the molecule is N#Cc1c(N)cc(NC2CC2)nc1N. The van der Waals surface area contributed by atoms with Crippen molar-refractivity contribution in [3.63, 3.8) is 0 Å².